The lowest BCUT2D eigenvalue weighted by molar-refractivity contribution is 0.330. The molecule has 0 saturated carbocycles. The molecule has 28 heavy (non-hydrogen) atoms. The highest BCUT2D eigenvalue weighted by Gasteiger charge is 2.19. The molecule has 1 aliphatic heterocycles. The van der Waals surface area contributed by atoms with Gasteiger partial charge in [0, 0.05) is 36.4 Å². The van der Waals surface area contributed by atoms with Crippen LogP contribution in [0.2, 0.25) is 0 Å². The van der Waals surface area contributed by atoms with Gasteiger partial charge in [-0.1, -0.05) is 6.07 Å². The van der Waals surface area contributed by atoms with Gasteiger partial charge in [-0.05, 0) is 61.6 Å². The molecular formula is C22H23N5O. The summed E-state index contributed by atoms with van der Waals surface area (Å²) in [5.74, 6) is 1.40. The van der Waals surface area contributed by atoms with Gasteiger partial charge in [-0.2, -0.15) is 4.98 Å². The molecule has 0 bridgehead atoms. The second kappa shape index (κ2) is 7.11. The Hall–Kier alpha value is -3.15. The Bertz CT molecular complexity index is 1120. The number of ether oxygens (including phenoxy) is 1. The molecule has 0 aliphatic carbocycles. The number of nitrogens with one attached hydrogen (secondary N) is 1. The number of anilines is 1. The number of H-pyrrole nitrogens is 1. The summed E-state index contributed by atoms with van der Waals surface area (Å²) in [5.41, 5.74) is 5.11. The Kier molecular flexibility index (Phi) is 4.31. The fourth-order valence-corrected chi connectivity index (χ4v) is 3.92. The van der Waals surface area contributed by atoms with Crippen LogP contribution in [0.1, 0.15) is 26.2 Å². The lowest BCUT2D eigenvalue weighted by Crippen LogP contribution is -2.31. The van der Waals surface area contributed by atoms with Crippen LogP contribution in [0.3, 0.4) is 0 Å². The van der Waals surface area contributed by atoms with Gasteiger partial charge in [-0.25, -0.2) is 4.98 Å². The average Bonchev–Trinajstić information content (AvgIpc) is 3.13. The Morgan fingerprint density at radius 3 is 2.61 bits per heavy atom. The number of benzene rings is 1. The van der Waals surface area contributed by atoms with Crippen molar-refractivity contribution >= 4 is 27.9 Å². The number of hydrogen-bond donors (Lipinski definition) is 1. The van der Waals surface area contributed by atoms with E-state index in [9.17, 15) is 0 Å². The Morgan fingerprint density at radius 2 is 1.82 bits per heavy atom. The quantitative estimate of drug-likeness (QED) is 0.568. The van der Waals surface area contributed by atoms with Crippen LogP contribution in [0.25, 0.3) is 33.1 Å². The zero-order chi connectivity index (χ0) is 18.9. The Morgan fingerprint density at radius 1 is 1.00 bits per heavy atom. The minimum atomic E-state index is 0.573. The first-order chi connectivity index (χ1) is 13.8. The van der Waals surface area contributed by atoms with E-state index in [2.05, 4.69) is 33.1 Å². The predicted molar refractivity (Wildman–Crippen MR) is 112 cm³/mol. The summed E-state index contributed by atoms with van der Waals surface area (Å²) in [6.45, 7) is 4.56. The van der Waals surface area contributed by atoms with E-state index < -0.39 is 0 Å². The summed E-state index contributed by atoms with van der Waals surface area (Å²) in [7, 11) is 0. The van der Waals surface area contributed by atoms with Crippen LogP contribution in [0.15, 0.2) is 42.7 Å². The van der Waals surface area contributed by atoms with Gasteiger partial charge in [-0.15, -0.1) is 0 Å². The van der Waals surface area contributed by atoms with E-state index in [4.69, 9.17) is 14.7 Å². The molecule has 0 amide bonds. The lowest BCUT2D eigenvalue weighted by atomic mass is 10.1. The van der Waals surface area contributed by atoms with Crippen molar-refractivity contribution in [2.45, 2.75) is 26.2 Å². The molecule has 4 heterocycles. The van der Waals surface area contributed by atoms with E-state index in [0.717, 1.165) is 52.1 Å². The van der Waals surface area contributed by atoms with E-state index in [1.807, 2.05) is 31.5 Å². The van der Waals surface area contributed by atoms with Crippen LogP contribution in [-0.4, -0.2) is 39.6 Å². The van der Waals surface area contributed by atoms with Crippen LogP contribution in [0, 0.1) is 0 Å². The normalized spacial score (nSPS) is 14.7. The summed E-state index contributed by atoms with van der Waals surface area (Å²) in [6.07, 6.45) is 7.29. The van der Waals surface area contributed by atoms with Gasteiger partial charge in [0.1, 0.15) is 11.0 Å². The second-order valence-electron chi connectivity index (χ2n) is 7.15. The monoisotopic (exact) mass is 373 g/mol. The maximum Gasteiger partial charge on any atom is 0.243 e. The predicted octanol–water partition coefficient (Wildman–Crippen LogP) is 4.56. The maximum absolute atomic E-state index is 5.88. The van der Waals surface area contributed by atoms with Gasteiger partial charge in [0.05, 0.1) is 6.61 Å². The smallest absolute Gasteiger partial charge is 0.243 e. The van der Waals surface area contributed by atoms with E-state index in [1.54, 1.807) is 0 Å². The molecule has 142 valence electrons. The highest BCUT2D eigenvalue weighted by Crippen LogP contribution is 2.34. The van der Waals surface area contributed by atoms with Gasteiger partial charge >= 0.3 is 0 Å². The third-order valence-electron chi connectivity index (χ3n) is 5.33. The van der Waals surface area contributed by atoms with Gasteiger partial charge in [0.25, 0.3) is 0 Å². The minimum absolute atomic E-state index is 0.573. The first-order valence-corrected chi connectivity index (χ1v) is 9.95. The molecule has 4 aromatic rings. The third kappa shape index (κ3) is 2.95. The van der Waals surface area contributed by atoms with Crippen LogP contribution in [0.5, 0.6) is 5.88 Å². The molecule has 1 saturated heterocycles. The van der Waals surface area contributed by atoms with Crippen molar-refractivity contribution in [3.8, 4) is 17.0 Å². The average molecular weight is 373 g/mol. The molecule has 6 nitrogen and oxygen atoms in total. The topological polar surface area (TPSA) is 66.9 Å². The second-order valence-corrected chi connectivity index (χ2v) is 7.15. The first kappa shape index (κ1) is 17.0. The van der Waals surface area contributed by atoms with Crippen LogP contribution >= 0.6 is 0 Å². The van der Waals surface area contributed by atoms with Crippen LogP contribution < -0.4 is 9.64 Å². The molecule has 0 unspecified atom stereocenters. The summed E-state index contributed by atoms with van der Waals surface area (Å²) < 4.78 is 5.88. The molecular weight excluding hydrogens is 350 g/mol. The van der Waals surface area contributed by atoms with Crippen molar-refractivity contribution in [3.05, 3.63) is 42.7 Å². The Labute approximate surface area is 163 Å². The van der Waals surface area contributed by atoms with Crippen molar-refractivity contribution in [2.75, 3.05) is 24.6 Å². The van der Waals surface area contributed by atoms with Gasteiger partial charge < -0.3 is 14.6 Å². The lowest BCUT2D eigenvalue weighted by Gasteiger charge is -2.26. The molecule has 6 heteroatoms. The van der Waals surface area contributed by atoms with E-state index in [1.165, 1.54) is 19.3 Å². The third-order valence-corrected chi connectivity index (χ3v) is 5.33. The van der Waals surface area contributed by atoms with Crippen molar-refractivity contribution in [1.29, 1.82) is 0 Å². The molecule has 0 radical (unpaired) electrons. The van der Waals surface area contributed by atoms with Gasteiger partial charge in [-0.3, -0.25) is 4.98 Å². The van der Waals surface area contributed by atoms with Gasteiger partial charge in [0.2, 0.25) is 11.8 Å². The van der Waals surface area contributed by atoms with Crippen LogP contribution in [-0.2, 0) is 0 Å². The highest BCUT2D eigenvalue weighted by atomic mass is 16.5. The number of nitrogens with zero attached hydrogens (tertiary/aromatic N) is 4. The van der Waals surface area contributed by atoms with Crippen molar-refractivity contribution in [1.82, 2.24) is 19.9 Å². The number of hydrogen-bond acceptors (Lipinski definition) is 5. The standard InChI is InChI=1S/C22H23N5O/c1-2-28-21-20-19(25-22(26-21)27-12-4-3-5-13-27)17-14-16(6-7-18(17)24-20)15-8-10-23-11-9-15/h6-11,14,24H,2-5,12-13H2,1H3. The van der Waals surface area contributed by atoms with Gasteiger partial charge in [0.15, 0.2) is 0 Å². The Balaban J connectivity index is 1.70. The molecule has 1 fully saturated rings. The fourth-order valence-electron chi connectivity index (χ4n) is 3.92. The largest absolute Gasteiger partial charge is 0.476 e. The van der Waals surface area contributed by atoms with Crippen molar-refractivity contribution < 1.29 is 4.74 Å². The summed E-state index contributed by atoms with van der Waals surface area (Å²) in [4.78, 5) is 19.6. The van der Waals surface area contributed by atoms with E-state index in [-0.39, 0.29) is 0 Å². The number of fused-ring (bicyclic) bond motifs is 3. The zero-order valence-electron chi connectivity index (χ0n) is 16.0. The molecule has 3 aromatic heterocycles. The molecule has 0 spiro atoms. The summed E-state index contributed by atoms with van der Waals surface area (Å²) in [6, 6.07) is 10.5. The number of piperidine rings is 1. The number of pyridine rings is 1. The number of aromatic nitrogens is 4. The van der Waals surface area contributed by atoms with Crippen LogP contribution in [0.4, 0.5) is 5.95 Å². The molecule has 1 aliphatic rings. The van der Waals surface area contributed by atoms with E-state index >= 15 is 0 Å². The fraction of sp³-hybridized carbons (Fsp3) is 0.318. The SMILES string of the molecule is CCOc1nc(N2CCCCC2)nc2c1[nH]c1ccc(-c3ccncc3)cc12. The molecule has 1 N–H and O–H groups in total. The molecule has 0 atom stereocenters. The van der Waals surface area contributed by atoms with Crippen molar-refractivity contribution in [2.24, 2.45) is 0 Å². The maximum atomic E-state index is 5.88. The molecule has 5 rings (SSSR count). The zero-order valence-corrected chi connectivity index (χ0v) is 16.0. The van der Waals surface area contributed by atoms with Crippen molar-refractivity contribution in [3.63, 3.8) is 0 Å². The summed E-state index contributed by atoms with van der Waals surface area (Å²) >= 11 is 0. The minimum Gasteiger partial charge on any atom is -0.476 e. The van der Waals surface area contributed by atoms with E-state index in [0.29, 0.717) is 12.5 Å². The highest BCUT2D eigenvalue weighted by molar-refractivity contribution is 6.08. The number of aromatic amines is 1. The molecule has 1 aromatic carbocycles. The summed E-state index contributed by atoms with van der Waals surface area (Å²) in [5, 5.41) is 1.09. The number of rotatable bonds is 4. The first-order valence-electron chi connectivity index (χ1n) is 9.95.